The summed E-state index contributed by atoms with van der Waals surface area (Å²) in [5, 5.41) is 0. The molecule has 2 rings (SSSR count). The molecule has 0 atom stereocenters. The van der Waals surface area contributed by atoms with Crippen LogP contribution in [0.4, 0.5) is 0 Å². The molecule has 1 aliphatic rings. The molecule has 0 spiro atoms. The van der Waals surface area contributed by atoms with Crippen LogP contribution in [-0.4, -0.2) is 41.5 Å². The predicted molar refractivity (Wildman–Crippen MR) is 81.2 cm³/mol. The normalized spacial score (nSPS) is 21.6. The van der Waals surface area contributed by atoms with Gasteiger partial charge in [0.1, 0.15) is 0 Å². The lowest BCUT2D eigenvalue weighted by Crippen LogP contribution is -2.58. The lowest BCUT2D eigenvalue weighted by atomic mass is 9.97. The molecular formula is C17H25NO2. The topological polar surface area (TPSA) is 29.5 Å². The Balaban J connectivity index is 2.10. The molecule has 0 aliphatic carbocycles. The molecule has 1 aliphatic heterocycles. The van der Waals surface area contributed by atoms with E-state index in [1.165, 1.54) is 0 Å². The van der Waals surface area contributed by atoms with Crippen LogP contribution >= 0.6 is 0 Å². The van der Waals surface area contributed by atoms with Gasteiger partial charge in [-0.1, -0.05) is 24.3 Å². The van der Waals surface area contributed by atoms with E-state index < -0.39 is 0 Å². The van der Waals surface area contributed by atoms with Crippen LogP contribution in [0.15, 0.2) is 24.3 Å². The fraction of sp³-hybridized carbons (Fsp3) is 0.588. The summed E-state index contributed by atoms with van der Waals surface area (Å²) < 4.78 is 6.05. The van der Waals surface area contributed by atoms with Crippen molar-refractivity contribution in [2.24, 2.45) is 0 Å². The Morgan fingerprint density at radius 3 is 2.25 bits per heavy atom. The summed E-state index contributed by atoms with van der Waals surface area (Å²) in [4.78, 5) is 14.7. The fourth-order valence-corrected chi connectivity index (χ4v) is 3.23. The number of nitrogens with zero attached hydrogens (tertiary/aromatic N) is 1. The lowest BCUT2D eigenvalue weighted by molar-refractivity contribution is -0.178. The quantitative estimate of drug-likeness (QED) is 0.794. The van der Waals surface area contributed by atoms with Crippen molar-refractivity contribution in [3.8, 4) is 0 Å². The molecule has 1 saturated heterocycles. The van der Waals surface area contributed by atoms with E-state index in [2.05, 4.69) is 32.6 Å². The van der Waals surface area contributed by atoms with Crippen LogP contribution in [0.3, 0.4) is 0 Å². The van der Waals surface area contributed by atoms with Gasteiger partial charge in [0.2, 0.25) is 0 Å². The van der Waals surface area contributed by atoms with Crippen molar-refractivity contribution in [2.45, 2.75) is 45.8 Å². The summed E-state index contributed by atoms with van der Waals surface area (Å²) >= 11 is 0. The first-order valence-electron chi connectivity index (χ1n) is 7.20. The second kappa shape index (κ2) is 5.30. The molecule has 0 bridgehead atoms. The van der Waals surface area contributed by atoms with E-state index in [0.29, 0.717) is 6.54 Å². The Labute approximate surface area is 121 Å². The molecule has 3 heteroatoms. The molecule has 1 aromatic rings. The Morgan fingerprint density at radius 2 is 1.70 bits per heavy atom. The fourth-order valence-electron chi connectivity index (χ4n) is 3.23. The highest BCUT2D eigenvalue weighted by Crippen LogP contribution is 2.28. The minimum Gasteiger partial charge on any atom is -0.367 e. The molecule has 0 radical (unpaired) electrons. The zero-order valence-electron chi connectivity index (χ0n) is 13.2. The van der Waals surface area contributed by atoms with Crippen LogP contribution in [0.1, 0.15) is 43.6 Å². The van der Waals surface area contributed by atoms with Crippen molar-refractivity contribution < 1.29 is 9.53 Å². The standard InChI is InChI=1S/C17H25NO2/c1-13-8-6-7-9-14(13)15(19)10-18-11-16(2,3)20-17(4,5)12-18/h6-9H,10-12H2,1-5H3. The van der Waals surface area contributed by atoms with Crippen LogP contribution in [0.5, 0.6) is 0 Å². The number of ether oxygens (including phenoxy) is 1. The van der Waals surface area contributed by atoms with Gasteiger partial charge in [0.15, 0.2) is 5.78 Å². The number of Topliss-reactive ketones (excluding diaryl/α,β-unsaturated/α-hetero) is 1. The van der Waals surface area contributed by atoms with Crippen molar-refractivity contribution in [3.63, 3.8) is 0 Å². The Hall–Kier alpha value is -1.19. The third-order valence-electron chi connectivity index (χ3n) is 3.57. The first-order valence-corrected chi connectivity index (χ1v) is 7.20. The summed E-state index contributed by atoms with van der Waals surface area (Å²) in [7, 11) is 0. The minimum absolute atomic E-state index is 0.191. The number of hydrogen-bond donors (Lipinski definition) is 0. The molecule has 20 heavy (non-hydrogen) atoms. The molecule has 1 aromatic carbocycles. The van der Waals surface area contributed by atoms with Crippen LogP contribution in [0.2, 0.25) is 0 Å². The zero-order valence-corrected chi connectivity index (χ0v) is 13.2. The third kappa shape index (κ3) is 3.68. The molecule has 0 saturated carbocycles. The van der Waals surface area contributed by atoms with Crippen molar-refractivity contribution in [1.29, 1.82) is 0 Å². The van der Waals surface area contributed by atoms with Crippen molar-refractivity contribution >= 4 is 5.78 Å². The number of rotatable bonds is 3. The second-order valence-corrected chi connectivity index (χ2v) is 7.00. The number of aryl methyl sites for hydroxylation is 1. The highest BCUT2D eigenvalue weighted by Gasteiger charge is 2.38. The second-order valence-electron chi connectivity index (χ2n) is 7.00. The first kappa shape index (κ1) is 15.2. The maximum atomic E-state index is 12.5. The Morgan fingerprint density at radius 1 is 1.15 bits per heavy atom. The molecule has 0 N–H and O–H groups in total. The van der Waals surface area contributed by atoms with E-state index >= 15 is 0 Å². The molecule has 0 aromatic heterocycles. The molecule has 0 amide bonds. The van der Waals surface area contributed by atoms with Gasteiger partial charge in [-0.2, -0.15) is 0 Å². The molecule has 1 fully saturated rings. The van der Waals surface area contributed by atoms with E-state index in [1.54, 1.807) is 0 Å². The Kier molecular flexibility index (Phi) is 4.03. The predicted octanol–water partition coefficient (Wildman–Crippen LogP) is 3.07. The maximum absolute atomic E-state index is 12.5. The highest BCUT2D eigenvalue weighted by molar-refractivity contribution is 5.98. The van der Waals surface area contributed by atoms with Gasteiger partial charge >= 0.3 is 0 Å². The molecule has 110 valence electrons. The highest BCUT2D eigenvalue weighted by atomic mass is 16.5. The van der Waals surface area contributed by atoms with E-state index in [1.807, 2.05) is 31.2 Å². The molecule has 3 nitrogen and oxygen atoms in total. The van der Waals surface area contributed by atoms with Gasteiger partial charge in [-0.3, -0.25) is 9.69 Å². The van der Waals surface area contributed by atoms with E-state index in [-0.39, 0.29) is 17.0 Å². The first-order chi connectivity index (χ1) is 9.19. The summed E-state index contributed by atoms with van der Waals surface area (Å²) in [6, 6.07) is 7.79. The summed E-state index contributed by atoms with van der Waals surface area (Å²) in [6.45, 7) is 12.3. The number of ketones is 1. The number of carbonyl (C=O) groups excluding carboxylic acids is 1. The van der Waals surface area contributed by atoms with Gasteiger partial charge in [0.05, 0.1) is 17.7 Å². The van der Waals surface area contributed by atoms with Crippen LogP contribution in [-0.2, 0) is 4.74 Å². The molecule has 0 unspecified atom stereocenters. The SMILES string of the molecule is Cc1ccccc1C(=O)CN1CC(C)(C)OC(C)(C)C1. The van der Waals surface area contributed by atoms with Gasteiger partial charge in [-0.05, 0) is 40.2 Å². The molecular weight excluding hydrogens is 250 g/mol. The average Bonchev–Trinajstić information content (AvgIpc) is 2.24. The van der Waals surface area contributed by atoms with Crippen molar-refractivity contribution in [1.82, 2.24) is 4.90 Å². The largest absolute Gasteiger partial charge is 0.367 e. The smallest absolute Gasteiger partial charge is 0.177 e. The number of morpholine rings is 1. The van der Waals surface area contributed by atoms with Gasteiger partial charge in [0.25, 0.3) is 0 Å². The molecule has 1 heterocycles. The van der Waals surface area contributed by atoms with E-state index in [9.17, 15) is 4.79 Å². The van der Waals surface area contributed by atoms with Gasteiger partial charge in [-0.15, -0.1) is 0 Å². The zero-order chi connectivity index (χ0) is 15.0. The van der Waals surface area contributed by atoms with Gasteiger partial charge < -0.3 is 4.74 Å². The maximum Gasteiger partial charge on any atom is 0.177 e. The third-order valence-corrected chi connectivity index (χ3v) is 3.57. The average molecular weight is 275 g/mol. The van der Waals surface area contributed by atoms with E-state index in [4.69, 9.17) is 4.74 Å². The minimum atomic E-state index is -0.215. The Bertz CT molecular complexity index is 489. The van der Waals surface area contributed by atoms with Crippen molar-refractivity contribution in [2.75, 3.05) is 19.6 Å². The number of benzene rings is 1. The van der Waals surface area contributed by atoms with Gasteiger partial charge in [0, 0.05) is 18.7 Å². The number of carbonyl (C=O) groups is 1. The summed E-state index contributed by atoms with van der Waals surface area (Å²) in [5.41, 5.74) is 1.44. The van der Waals surface area contributed by atoms with Gasteiger partial charge in [-0.25, -0.2) is 0 Å². The summed E-state index contributed by atoms with van der Waals surface area (Å²) in [5.74, 6) is 0.191. The van der Waals surface area contributed by atoms with E-state index in [0.717, 1.165) is 24.2 Å². The van der Waals surface area contributed by atoms with Crippen LogP contribution in [0, 0.1) is 6.92 Å². The monoisotopic (exact) mass is 275 g/mol. The lowest BCUT2D eigenvalue weighted by Gasteiger charge is -2.47. The van der Waals surface area contributed by atoms with Crippen LogP contribution < -0.4 is 0 Å². The van der Waals surface area contributed by atoms with Crippen molar-refractivity contribution in [3.05, 3.63) is 35.4 Å². The number of hydrogen-bond acceptors (Lipinski definition) is 3. The van der Waals surface area contributed by atoms with Crippen LogP contribution in [0.25, 0.3) is 0 Å². The summed E-state index contributed by atoms with van der Waals surface area (Å²) in [6.07, 6.45) is 0.